The van der Waals surface area contributed by atoms with E-state index in [2.05, 4.69) is 24.9 Å². The zero-order valence-electron chi connectivity index (χ0n) is 23.8. The van der Waals surface area contributed by atoms with Gasteiger partial charge < -0.3 is 23.7 Å². The van der Waals surface area contributed by atoms with Gasteiger partial charge in [0.2, 0.25) is 16.0 Å². The van der Waals surface area contributed by atoms with Gasteiger partial charge in [0.25, 0.3) is 0 Å². The van der Waals surface area contributed by atoms with Crippen LogP contribution in [0.3, 0.4) is 0 Å². The summed E-state index contributed by atoms with van der Waals surface area (Å²) >= 11 is 0. The number of hydrogen-bond donors (Lipinski definition) is 1. The molecule has 0 bridgehead atoms. The highest BCUT2D eigenvalue weighted by Crippen LogP contribution is 2.41. The minimum absolute atomic E-state index is 0.126. The van der Waals surface area contributed by atoms with Gasteiger partial charge in [-0.15, -0.1) is 10.2 Å². The lowest BCUT2D eigenvalue weighted by atomic mass is 10.1. The number of ether oxygens (including phenoxy) is 5. The number of aromatic nitrogens is 5. The van der Waals surface area contributed by atoms with Crippen molar-refractivity contribution in [3.63, 3.8) is 0 Å². The number of benzene rings is 2. The van der Waals surface area contributed by atoms with Crippen molar-refractivity contribution in [2.75, 3.05) is 40.3 Å². The minimum atomic E-state index is -4.17. The Hall–Kier alpha value is -4.43. The number of para-hydroxylation sites is 1. The van der Waals surface area contributed by atoms with Crippen molar-refractivity contribution in [2.24, 2.45) is 0 Å². The second kappa shape index (κ2) is 12.4. The maximum atomic E-state index is 13.8. The Balaban J connectivity index is 1.90. The number of nitrogens with zero attached hydrogens (tertiary/aromatic N) is 5. The zero-order valence-corrected chi connectivity index (χ0v) is 24.6. The van der Waals surface area contributed by atoms with Gasteiger partial charge in [-0.2, -0.15) is 0 Å². The average molecular weight is 585 g/mol. The lowest BCUT2D eigenvalue weighted by Gasteiger charge is -2.23. The molecule has 2 aromatic carbocycles. The first-order chi connectivity index (χ1) is 19.7. The average Bonchev–Trinajstić information content (AvgIpc) is 3.39. The van der Waals surface area contributed by atoms with Crippen LogP contribution in [-0.4, -0.2) is 73.9 Å². The van der Waals surface area contributed by atoms with Crippen LogP contribution in [0.2, 0.25) is 0 Å². The highest BCUT2D eigenvalue weighted by molar-refractivity contribution is 7.93. The standard InChI is InChI=1S/C27H32N6O7S/c1-16-14-28-25(29-15-16)24(40-7)17(2)41(34,35)32-27-31-30-26(19-13-18(36-3)11-12-20(19)37-4)33(27)23-21(38-5)9-8-10-22(23)39-6/h8-15,17,24H,1-7H3,(H,31,32). The number of anilines is 1. The van der Waals surface area contributed by atoms with Crippen molar-refractivity contribution >= 4 is 16.0 Å². The summed E-state index contributed by atoms with van der Waals surface area (Å²) in [6.07, 6.45) is 2.22. The Morgan fingerprint density at radius 2 is 1.49 bits per heavy atom. The van der Waals surface area contributed by atoms with Crippen molar-refractivity contribution < 1.29 is 32.1 Å². The molecule has 0 fully saturated rings. The van der Waals surface area contributed by atoms with Crippen LogP contribution in [0.25, 0.3) is 17.1 Å². The first-order valence-corrected chi connectivity index (χ1v) is 14.0. The van der Waals surface area contributed by atoms with Gasteiger partial charge in [0, 0.05) is 19.5 Å². The van der Waals surface area contributed by atoms with Crippen molar-refractivity contribution in [3.8, 4) is 40.1 Å². The molecule has 0 saturated carbocycles. The quantitative estimate of drug-likeness (QED) is 0.260. The molecule has 4 rings (SSSR count). The Kier molecular flexibility index (Phi) is 8.93. The summed E-state index contributed by atoms with van der Waals surface area (Å²) in [6.45, 7) is 3.33. The number of sulfonamides is 1. The van der Waals surface area contributed by atoms with Crippen LogP contribution in [-0.2, 0) is 14.8 Å². The van der Waals surface area contributed by atoms with E-state index < -0.39 is 21.4 Å². The zero-order chi connectivity index (χ0) is 29.7. The first-order valence-electron chi connectivity index (χ1n) is 12.4. The van der Waals surface area contributed by atoms with E-state index in [9.17, 15) is 8.42 Å². The number of methoxy groups -OCH3 is 5. The summed E-state index contributed by atoms with van der Waals surface area (Å²) in [7, 11) is 3.26. The van der Waals surface area contributed by atoms with Gasteiger partial charge in [-0.05, 0) is 49.7 Å². The monoisotopic (exact) mass is 584 g/mol. The van der Waals surface area contributed by atoms with Gasteiger partial charge in [0.05, 0.1) is 34.0 Å². The van der Waals surface area contributed by atoms with Crippen LogP contribution in [0, 0.1) is 6.92 Å². The number of nitrogens with one attached hydrogen (secondary N) is 1. The fraction of sp³-hybridized carbons (Fsp3) is 0.333. The fourth-order valence-corrected chi connectivity index (χ4v) is 5.35. The van der Waals surface area contributed by atoms with Gasteiger partial charge in [0.1, 0.15) is 40.0 Å². The molecular weight excluding hydrogens is 552 g/mol. The van der Waals surface area contributed by atoms with Gasteiger partial charge >= 0.3 is 0 Å². The van der Waals surface area contributed by atoms with Gasteiger partial charge in [0.15, 0.2) is 11.6 Å². The van der Waals surface area contributed by atoms with E-state index in [1.807, 2.05) is 6.92 Å². The third-order valence-electron chi connectivity index (χ3n) is 6.39. The summed E-state index contributed by atoms with van der Waals surface area (Å²) < 4.78 is 59.4. The molecule has 218 valence electrons. The summed E-state index contributed by atoms with van der Waals surface area (Å²) in [6, 6.07) is 10.3. The molecule has 0 aliphatic rings. The van der Waals surface area contributed by atoms with Crippen LogP contribution >= 0.6 is 0 Å². The molecule has 41 heavy (non-hydrogen) atoms. The van der Waals surface area contributed by atoms with Gasteiger partial charge in [-0.1, -0.05) is 6.07 Å². The number of hydrogen-bond acceptors (Lipinski definition) is 11. The summed E-state index contributed by atoms with van der Waals surface area (Å²) in [5.74, 6) is 2.07. The number of aryl methyl sites for hydroxylation is 1. The van der Waals surface area contributed by atoms with E-state index >= 15 is 0 Å². The van der Waals surface area contributed by atoms with Crippen molar-refractivity contribution in [1.82, 2.24) is 24.7 Å². The summed E-state index contributed by atoms with van der Waals surface area (Å²) in [5, 5.41) is 7.46. The molecule has 0 aliphatic heterocycles. The highest BCUT2D eigenvalue weighted by Gasteiger charge is 2.35. The molecule has 13 nitrogen and oxygen atoms in total. The van der Waals surface area contributed by atoms with E-state index in [0.717, 1.165) is 5.56 Å². The third-order valence-corrected chi connectivity index (χ3v) is 8.09. The van der Waals surface area contributed by atoms with Crippen molar-refractivity contribution in [3.05, 3.63) is 60.2 Å². The molecule has 2 aromatic heterocycles. The third kappa shape index (κ3) is 5.88. The summed E-state index contributed by atoms with van der Waals surface area (Å²) in [5.41, 5.74) is 1.67. The van der Waals surface area contributed by atoms with Crippen LogP contribution in [0.5, 0.6) is 23.0 Å². The molecule has 0 spiro atoms. The smallest absolute Gasteiger partial charge is 0.243 e. The van der Waals surface area contributed by atoms with Crippen LogP contribution in [0.1, 0.15) is 24.4 Å². The van der Waals surface area contributed by atoms with E-state index in [1.54, 1.807) is 48.8 Å². The highest BCUT2D eigenvalue weighted by atomic mass is 32.2. The van der Waals surface area contributed by atoms with Crippen LogP contribution in [0.15, 0.2) is 48.8 Å². The SMILES string of the molecule is COc1ccc(OC)c(-c2nnc(NS(=O)(=O)C(C)C(OC)c3ncc(C)cn3)n2-c2c(OC)cccc2OC)c1. The Bertz CT molecular complexity index is 1590. The lowest BCUT2D eigenvalue weighted by Crippen LogP contribution is -2.33. The molecular formula is C27H32N6O7S. The van der Waals surface area contributed by atoms with Gasteiger partial charge in [-0.25, -0.2) is 18.4 Å². The molecule has 2 unspecified atom stereocenters. The van der Waals surface area contributed by atoms with Gasteiger partial charge in [-0.3, -0.25) is 9.29 Å². The largest absolute Gasteiger partial charge is 0.497 e. The lowest BCUT2D eigenvalue weighted by molar-refractivity contribution is 0.0949. The molecule has 4 aromatic rings. The Labute approximate surface area is 238 Å². The predicted octanol–water partition coefficient (Wildman–Crippen LogP) is 3.59. The number of rotatable bonds is 12. The molecule has 0 amide bonds. The molecule has 0 radical (unpaired) electrons. The van der Waals surface area contributed by atoms with E-state index in [1.165, 1.54) is 47.0 Å². The topological polar surface area (TPSA) is 149 Å². The van der Waals surface area contributed by atoms with Crippen LogP contribution in [0.4, 0.5) is 5.95 Å². The second-order valence-corrected chi connectivity index (χ2v) is 10.9. The van der Waals surface area contributed by atoms with Crippen molar-refractivity contribution in [2.45, 2.75) is 25.2 Å². The molecule has 0 saturated heterocycles. The molecule has 14 heteroatoms. The Morgan fingerprint density at radius 1 is 0.854 bits per heavy atom. The Morgan fingerprint density at radius 3 is 2.05 bits per heavy atom. The van der Waals surface area contributed by atoms with E-state index in [-0.39, 0.29) is 17.6 Å². The van der Waals surface area contributed by atoms with Crippen molar-refractivity contribution in [1.29, 1.82) is 0 Å². The maximum absolute atomic E-state index is 13.8. The first kappa shape index (κ1) is 29.6. The second-order valence-electron chi connectivity index (χ2n) is 8.89. The minimum Gasteiger partial charge on any atom is -0.497 e. The van der Waals surface area contributed by atoms with Crippen LogP contribution < -0.4 is 23.7 Å². The molecule has 2 atom stereocenters. The molecule has 0 aliphatic carbocycles. The predicted molar refractivity (Wildman–Crippen MR) is 152 cm³/mol. The van der Waals surface area contributed by atoms with E-state index in [0.29, 0.717) is 34.2 Å². The van der Waals surface area contributed by atoms with E-state index in [4.69, 9.17) is 23.7 Å². The normalized spacial score (nSPS) is 12.9. The molecule has 1 N–H and O–H groups in total. The molecule has 2 heterocycles. The maximum Gasteiger partial charge on any atom is 0.243 e. The fourth-order valence-electron chi connectivity index (χ4n) is 4.22. The summed E-state index contributed by atoms with van der Waals surface area (Å²) in [4.78, 5) is 8.52.